The van der Waals surface area contributed by atoms with Gasteiger partial charge in [-0.15, -0.1) is 0 Å². The van der Waals surface area contributed by atoms with Crippen molar-refractivity contribution in [2.45, 2.75) is 86.6 Å². The van der Waals surface area contributed by atoms with Crippen LogP contribution < -0.4 is 9.47 Å². The van der Waals surface area contributed by atoms with Gasteiger partial charge < -0.3 is 14.0 Å². The second kappa shape index (κ2) is 13.7. The van der Waals surface area contributed by atoms with Crippen LogP contribution in [0.5, 0.6) is 11.5 Å². The van der Waals surface area contributed by atoms with E-state index >= 15 is 0 Å². The third-order valence-corrected chi connectivity index (χ3v) is 7.19. The summed E-state index contributed by atoms with van der Waals surface area (Å²) in [7, 11) is 4.64. The number of allylic oxidation sites excluding steroid dienone is 6. The lowest BCUT2D eigenvalue weighted by Gasteiger charge is -2.41. The van der Waals surface area contributed by atoms with Gasteiger partial charge in [0.2, 0.25) is 0 Å². The van der Waals surface area contributed by atoms with Crippen molar-refractivity contribution in [2.24, 2.45) is 0 Å². The molecule has 0 fully saturated rings. The summed E-state index contributed by atoms with van der Waals surface area (Å²) in [4.78, 5) is 0. The van der Waals surface area contributed by atoms with Crippen LogP contribution in [-0.2, 0) is 6.42 Å². The van der Waals surface area contributed by atoms with Gasteiger partial charge in [0.05, 0.1) is 20.6 Å². The molecule has 0 saturated carbocycles. The van der Waals surface area contributed by atoms with Crippen LogP contribution in [0.15, 0.2) is 58.7 Å². The summed E-state index contributed by atoms with van der Waals surface area (Å²) in [5.74, 6) is 1.73. The predicted molar refractivity (Wildman–Crippen MR) is 151 cm³/mol. The van der Waals surface area contributed by atoms with Crippen molar-refractivity contribution in [3.8, 4) is 11.5 Å². The summed E-state index contributed by atoms with van der Waals surface area (Å²) >= 11 is 0. The third kappa shape index (κ3) is 9.72. The predicted octanol–water partition coefficient (Wildman–Crippen LogP) is 8.52. The van der Waals surface area contributed by atoms with Crippen LogP contribution in [0.3, 0.4) is 0 Å². The lowest BCUT2D eigenvalue weighted by atomic mass is 9.91. The number of hydrogen-bond donors (Lipinski definition) is 0. The van der Waals surface area contributed by atoms with E-state index in [1.165, 1.54) is 33.4 Å². The van der Waals surface area contributed by atoms with Crippen LogP contribution in [0.4, 0.5) is 0 Å². The number of fused-ring (bicyclic) bond motifs is 1. The molecule has 0 spiro atoms. The Kier molecular flexibility index (Phi) is 11.4. The van der Waals surface area contributed by atoms with E-state index in [4.69, 9.17) is 9.47 Å². The molecule has 194 valence electrons. The van der Waals surface area contributed by atoms with Gasteiger partial charge in [0.15, 0.2) is 11.5 Å². The Labute approximate surface area is 215 Å². The van der Waals surface area contributed by atoms with Crippen molar-refractivity contribution < 1.29 is 14.0 Å². The summed E-state index contributed by atoms with van der Waals surface area (Å²) in [6.07, 6.45) is 14.4. The molecule has 1 aliphatic heterocycles. The maximum absolute atomic E-state index is 6.31. The number of likely N-dealkylation sites (N-methyl/N-ethyl adjacent to an activating group) is 1. The molecule has 1 atom stereocenters. The first-order valence-corrected chi connectivity index (χ1v) is 13.3. The van der Waals surface area contributed by atoms with Gasteiger partial charge in [-0.3, -0.25) is 0 Å². The Balaban J connectivity index is 2.15. The zero-order chi connectivity index (χ0) is 26.0. The van der Waals surface area contributed by atoms with E-state index in [1.54, 1.807) is 0 Å². The van der Waals surface area contributed by atoms with Crippen molar-refractivity contribution >= 4 is 0 Å². The number of quaternary nitrogens is 1. The molecule has 0 radical (unpaired) electrons. The molecule has 35 heavy (non-hydrogen) atoms. The first-order valence-electron chi connectivity index (χ1n) is 13.3. The average Bonchev–Trinajstić information content (AvgIpc) is 2.76. The number of hydrogen-bond acceptors (Lipinski definition) is 2. The van der Waals surface area contributed by atoms with Crippen LogP contribution >= 0.6 is 0 Å². The maximum Gasteiger partial charge on any atom is 0.162 e. The molecule has 0 amide bonds. The first kappa shape index (κ1) is 29.0. The lowest BCUT2D eigenvalue weighted by molar-refractivity contribution is -0.921. The Morgan fingerprint density at radius 3 is 1.77 bits per heavy atom. The van der Waals surface area contributed by atoms with Gasteiger partial charge >= 0.3 is 0 Å². The molecule has 0 aliphatic carbocycles. The minimum Gasteiger partial charge on any atom is -0.486 e. The monoisotopic (exact) mass is 480 g/mol. The summed E-state index contributed by atoms with van der Waals surface area (Å²) in [5.41, 5.74) is 8.27. The van der Waals surface area contributed by atoms with Crippen LogP contribution in [0.1, 0.15) is 91.3 Å². The molecule has 0 bridgehead atoms. The van der Waals surface area contributed by atoms with Crippen LogP contribution in [0.2, 0.25) is 0 Å². The van der Waals surface area contributed by atoms with Gasteiger partial charge in [0.1, 0.15) is 19.3 Å². The van der Waals surface area contributed by atoms with Gasteiger partial charge in [0.25, 0.3) is 0 Å². The zero-order valence-electron chi connectivity index (χ0n) is 24.0. The molecule has 3 heteroatoms. The van der Waals surface area contributed by atoms with Crippen LogP contribution in [0, 0.1) is 0 Å². The van der Waals surface area contributed by atoms with Gasteiger partial charge in [-0.25, -0.2) is 0 Å². The van der Waals surface area contributed by atoms with E-state index in [0.717, 1.165) is 54.6 Å². The molecular formula is C32H50NO2+. The van der Waals surface area contributed by atoms with Gasteiger partial charge in [0, 0.05) is 12.0 Å². The van der Waals surface area contributed by atoms with Gasteiger partial charge in [-0.1, -0.05) is 34.4 Å². The molecule has 3 nitrogen and oxygen atoms in total. The molecule has 1 aromatic carbocycles. The smallest absolute Gasteiger partial charge is 0.162 e. The highest BCUT2D eigenvalue weighted by molar-refractivity contribution is 5.49. The normalized spacial score (nSPS) is 17.5. The summed E-state index contributed by atoms with van der Waals surface area (Å²) < 4.78 is 13.6. The van der Waals surface area contributed by atoms with Gasteiger partial charge in [-0.05, 0) is 104 Å². The molecule has 0 N–H and O–H groups in total. The average molecular weight is 481 g/mol. The van der Waals surface area contributed by atoms with E-state index in [2.05, 4.69) is 99.0 Å². The minimum atomic E-state index is 0.439. The molecule has 0 aromatic heterocycles. The second-order valence-corrected chi connectivity index (χ2v) is 11.3. The highest BCUT2D eigenvalue weighted by Crippen LogP contribution is 2.40. The van der Waals surface area contributed by atoms with Crippen LogP contribution in [0.25, 0.3) is 0 Å². The Morgan fingerprint density at radius 1 is 0.800 bits per heavy atom. The van der Waals surface area contributed by atoms with E-state index in [9.17, 15) is 0 Å². The lowest BCUT2D eigenvalue weighted by Crippen LogP contribution is -2.46. The fraction of sp³-hybridized carbons (Fsp3) is 0.562. The molecule has 0 saturated heterocycles. The zero-order valence-corrected chi connectivity index (χ0v) is 24.0. The van der Waals surface area contributed by atoms with Crippen molar-refractivity contribution in [1.29, 1.82) is 0 Å². The highest BCUT2D eigenvalue weighted by atomic mass is 16.5. The van der Waals surface area contributed by atoms with E-state index < -0.39 is 0 Å². The van der Waals surface area contributed by atoms with E-state index in [1.807, 2.05) is 0 Å². The fourth-order valence-corrected chi connectivity index (χ4v) is 4.36. The largest absolute Gasteiger partial charge is 0.486 e. The Bertz CT molecular complexity index is 954. The van der Waals surface area contributed by atoms with E-state index in [0.29, 0.717) is 19.3 Å². The molecular weight excluding hydrogens is 430 g/mol. The molecule has 2 rings (SSSR count). The number of benzene rings is 1. The SMILES string of the molecule is CC(C)=CCC/C(C)=C/COc1cc2c(cc1OC/C=C(\C)CCC=C(C)C)C(C)[N+](C)(C)CC2. The fourth-order valence-electron chi connectivity index (χ4n) is 4.36. The molecule has 1 aliphatic rings. The quantitative estimate of drug-likeness (QED) is 0.220. The van der Waals surface area contributed by atoms with Crippen LogP contribution in [-0.4, -0.2) is 38.3 Å². The standard InChI is InChI=1S/C32H50NO2/c1-24(2)12-10-14-26(5)17-20-34-31-22-29-16-19-33(8,9)28(7)30(29)23-32(31)35-21-18-27(6)15-11-13-25(3)4/h12-13,17-18,22-23,28H,10-11,14-16,19-21H2,1-9H3/q+1/b26-17+,27-18+. The Hall–Kier alpha value is -2.26. The first-order chi connectivity index (χ1) is 16.5. The second-order valence-electron chi connectivity index (χ2n) is 11.3. The van der Waals surface area contributed by atoms with Crippen molar-refractivity contribution in [3.63, 3.8) is 0 Å². The Morgan fingerprint density at radius 2 is 1.29 bits per heavy atom. The third-order valence-electron chi connectivity index (χ3n) is 7.19. The number of nitrogens with zero attached hydrogens (tertiary/aromatic N) is 1. The molecule has 1 heterocycles. The number of ether oxygens (including phenoxy) is 2. The van der Waals surface area contributed by atoms with E-state index in [-0.39, 0.29) is 0 Å². The maximum atomic E-state index is 6.31. The van der Waals surface area contributed by atoms with Crippen molar-refractivity contribution in [3.05, 3.63) is 69.9 Å². The summed E-state index contributed by atoms with van der Waals surface area (Å²) in [6, 6.07) is 4.92. The minimum absolute atomic E-state index is 0.439. The van der Waals surface area contributed by atoms with Crippen molar-refractivity contribution in [2.75, 3.05) is 33.9 Å². The van der Waals surface area contributed by atoms with Gasteiger partial charge in [-0.2, -0.15) is 0 Å². The number of rotatable bonds is 12. The summed E-state index contributed by atoms with van der Waals surface area (Å²) in [5, 5.41) is 0. The van der Waals surface area contributed by atoms with Crippen molar-refractivity contribution in [1.82, 2.24) is 0 Å². The highest BCUT2D eigenvalue weighted by Gasteiger charge is 2.33. The summed E-state index contributed by atoms with van der Waals surface area (Å²) in [6.45, 7) is 17.6. The molecule has 1 unspecified atom stereocenters. The topological polar surface area (TPSA) is 18.5 Å². The molecule has 1 aromatic rings.